The smallest absolute Gasteiger partial charge is 0.158 e. The van der Waals surface area contributed by atoms with Crippen LogP contribution < -0.4 is 0 Å². The Morgan fingerprint density at radius 1 is 1.14 bits per heavy atom. The summed E-state index contributed by atoms with van der Waals surface area (Å²) in [6.07, 6.45) is 7.66. The Bertz CT molecular complexity index is 618. The zero-order chi connectivity index (χ0) is 14.8. The topological polar surface area (TPSA) is 40.5 Å². The molecule has 4 rings (SSSR count). The van der Waals surface area contributed by atoms with E-state index in [1.54, 1.807) is 12.1 Å². The molecule has 4 atom stereocenters. The van der Waals surface area contributed by atoms with Gasteiger partial charge in [-0.05, 0) is 84.1 Å². The molecule has 2 N–H and O–H groups in total. The van der Waals surface area contributed by atoms with Gasteiger partial charge in [0.25, 0.3) is 0 Å². The van der Waals surface area contributed by atoms with E-state index in [9.17, 15) is 10.2 Å². The van der Waals surface area contributed by atoms with Crippen molar-refractivity contribution in [2.24, 2.45) is 17.3 Å². The van der Waals surface area contributed by atoms with Crippen molar-refractivity contribution in [3.8, 4) is 11.5 Å². The van der Waals surface area contributed by atoms with Crippen LogP contribution in [-0.4, -0.2) is 10.2 Å². The molecule has 2 nitrogen and oxygen atoms in total. The SMILES string of the molecule is C=C1C[C@@H]2[C@H](CC[C@]3(C)CCC[C@@H]23)c2cc(O)c(O)cc21. The molecule has 0 radical (unpaired) electrons. The minimum absolute atomic E-state index is 0.0157. The van der Waals surface area contributed by atoms with Crippen molar-refractivity contribution >= 4 is 5.57 Å². The third kappa shape index (κ3) is 1.77. The molecule has 112 valence electrons. The lowest BCUT2D eigenvalue weighted by atomic mass is 9.55. The molecule has 1 aromatic carbocycles. The summed E-state index contributed by atoms with van der Waals surface area (Å²) in [6, 6.07) is 3.51. The molecule has 3 aliphatic rings. The fourth-order valence-electron chi connectivity index (χ4n) is 5.55. The predicted molar refractivity (Wildman–Crippen MR) is 84.3 cm³/mol. The Morgan fingerprint density at radius 2 is 1.90 bits per heavy atom. The molecule has 3 aliphatic carbocycles. The van der Waals surface area contributed by atoms with Crippen molar-refractivity contribution in [3.05, 3.63) is 29.8 Å². The normalized spacial score (nSPS) is 37.8. The Balaban J connectivity index is 1.80. The second-order valence-electron chi connectivity index (χ2n) is 7.70. The van der Waals surface area contributed by atoms with Crippen LogP contribution in [-0.2, 0) is 0 Å². The van der Waals surface area contributed by atoms with Crippen LogP contribution in [0.1, 0.15) is 62.5 Å². The van der Waals surface area contributed by atoms with Crippen LogP contribution in [0.5, 0.6) is 11.5 Å². The van der Waals surface area contributed by atoms with Crippen molar-refractivity contribution in [2.45, 2.75) is 51.4 Å². The first-order valence-corrected chi connectivity index (χ1v) is 8.23. The zero-order valence-electron chi connectivity index (χ0n) is 12.7. The first kappa shape index (κ1) is 13.2. The number of hydrogen-bond acceptors (Lipinski definition) is 2. The van der Waals surface area contributed by atoms with E-state index in [0.29, 0.717) is 17.3 Å². The number of phenols is 2. The highest BCUT2D eigenvalue weighted by Crippen LogP contribution is 2.62. The molecule has 0 spiro atoms. The third-order valence-corrected chi connectivity index (χ3v) is 6.63. The van der Waals surface area contributed by atoms with Gasteiger partial charge in [0.2, 0.25) is 0 Å². The van der Waals surface area contributed by atoms with Crippen LogP contribution in [0.15, 0.2) is 18.7 Å². The van der Waals surface area contributed by atoms with Gasteiger partial charge in [0.15, 0.2) is 11.5 Å². The van der Waals surface area contributed by atoms with Gasteiger partial charge in [0.1, 0.15) is 0 Å². The van der Waals surface area contributed by atoms with E-state index in [-0.39, 0.29) is 11.5 Å². The average molecular weight is 284 g/mol. The molecular weight excluding hydrogens is 260 g/mol. The van der Waals surface area contributed by atoms with Crippen LogP contribution in [0.4, 0.5) is 0 Å². The number of benzene rings is 1. The third-order valence-electron chi connectivity index (χ3n) is 6.63. The van der Waals surface area contributed by atoms with E-state index in [0.717, 1.165) is 23.5 Å². The van der Waals surface area contributed by atoms with Crippen LogP contribution in [0, 0.1) is 17.3 Å². The van der Waals surface area contributed by atoms with Crippen molar-refractivity contribution in [2.75, 3.05) is 0 Å². The van der Waals surface area contributed by atoms with Gasteiger partial charge in [-0.25, -0.2) is 0 Å². The maximum Gasteiger partial charge on any atom is 0.158 e. The predicted octanol–water partition coefficient (Wildman–Crippen LogP) is 4.81. The number of aromatic hydroxyl groups is 2. The zero-order valence-corrected chi connectivity index (χ0v) is 12.7. The molecule has 0 amide bonds. The molecule has 21 heavy (non-hydrogen) atoms. The van der Waals surface area contributed by atoms with Gasteiger partial charge in [0.05, 0.1) is 0 Å². The van der Waals surface area contributed by atoms with Gasteiger partial charge >= 0.3 is 0 Å². The summed E-state index contributed by atoms with van der Waals surface area (Å²) in [7, 11) is 0. The maximum absolute atomic E-state index is 9.91. The Labute approximate surface area is 126 Å². The lowest BCUT2D eigenvalue weighted by Gasteiger charge is -2.49. The molecule has 1 aromatic rings. The van der Waals surface area contributed by atoms with Crippen LogP contribution >= 0.6 is 0 Å². The second-order valence-corrected chi connectivity index (χ2v) is 7.70. The van der Waals surface area contributed by atoms with Crippen LogP contribution in [0.3, 0.4) is 0 Å². The van der Waals surface area contributed by atoms with Gasteiger partial charge < -0.3 is 10.2 Å². The van der Waals surface area contributed by atoms with E-state index in [1.807, 2.05) is 0 Å². The average Bonchev–Trinajstić information content (AvgIpc) is 2.83. The Morgan fingerprint density at radius 3 is 2.71 bits per heavy atom. The van der Waals surface area contributed by atoms with Gasteiger partial charge in [-0.2, -0.15) is 0 Å². The van der Waals surface area contributed by atoms with Crippen molar-refractivity contribution in [1.82, 2.24) is 0 Å². The highest BCUT2D eigenvalue weighted by atomic mass is 16.3. The summed E-state index contributed by atoms with van der Waals surface area (Å²) in [5.74, 6) is 2.01. The summed E-state index contributed by atoms with van der Waals surface area (Å²) in [5, 5.41) is 19.7. The fourth-order valence-corrected chi connectivity index (χ4v) is 5.55. The molecule has 2 fully saturated rings. The lowest BCUT2D eigenvalue weighted by molar-refractivity contribution is 0.0701. The Kier molecular flexibility index (Phi) is 2.70. The van der Waals surface area contributed by atoms with Crippen molar-refractivity contribution in [1.29, 1.82) is 0 Å². The monoisotopic (exact) mass is 284 g/mol. The molecule has 2 saturated carbocycles. The first-order chi connectivity index (χ1) is 9.99. The van der Waals surface area contributed by atoms with E-state index in [1.165, 1.54) is 37.7 Å². The number of fused-ring (bicyclic) bond motifs is 5. The van der Waals surface area contributed by atoms with Gasteiger partial charge in [0, 0.05) is 0 Å². The van der Waals surface area contributed by atoms with Crippen molar-refractivity contribution < 1.29 is 10.2 Å². The highest BCUT2D eigenvalue weighted by molar-refractivity contribution is 5.72. The summed E-state index contributed by atoms with van der Waals surface area (Å²) in [4.78, 5) is 0. The quantitative estimate of drug-likeness (QED) is 0.671. The van der Waals surface area contributed by atoms with E-state index in [4.69, 9.17) is 0 Å². The van der Waals surface area contributed by atoms with E-state index < -0.39 is 0 Å². The molecule has 2 heteroatoms. The minimum Gasteiger partial charge on any atom is -0.504 e. The molecule has 0 aromatic heterocycles. The maximum atomic E-state index is 9.91. The summed E-state index contributed by atoms with van der Waals surface area (Å²) >= 11 is 0. The number of rotatable bonds is 0. The molecule has 0 bridgehead atoms. The first-order valence-electron chi connectivity index (χ1n) is 8.23. The summed E-state index contributed by atoms with van der Waals surface area (Å²) < 4.78 is 0. The summed E-state index contributed by atoms with van der Waals surface area (Å²) in [5.41, 5.74) is 3.96. The minimum atomic E-state index is -0.0186. The number of hydrogen-bond donors (Lipinski definition) is 2. The fraction of sp³-hybridized carbons (Fsp3) is 0.579. The lowest BCUT2D eigenvalue weighted by Crippen LogP contribution is -2.39. The molecular formula is C19H24O2. The van der Waals surface area contributed by atoms with Gasteiger partial charge in [-0.1, -0.05) is 19.9 Å². The van der Waals surface area contributed by atoms with Gasteiger partial charge in [-0.3, -0.25) is 0 Å². The molecule has 0 aliphatic heterocycles. The van der Waals surface area contributed by atoms with E-state index >= 15 is 0 Å². The highest BCUT2D eigenvalue weighted by Gasteiger charge is 2.50. The number of allylic oxidation sites excluding steroid dienone is 1. The van der Waals surface area contributed by atoms with Crippen molar-refractivity contribution in [3.63, 3.8) is 0 Å². The van der Waals surface area contributed by atoms with Gasteiger partial charge in [-0.15, -0.1) is 0 Å². The number of phenolic OH excluding ortho intramolecular Hbond substituents is 2. The standard InChI is InChI=1S/C19H24O2/c1-11-8-15-12(5-7-19(2)6-3-4-16(15)19)14-10-18(21)17(20)9-13(11)14/h9-10,12,15-16,20-21H,1,3-8H2,2H3/t12-,15-,16+,19+/m1/s1. The second kappa shape index (κ2) is 4.28. The van der Waals surface area contributed by atoms with Crippen LogP contribution in [0.25, 0.3) is 5.57 Å². The Hall–Kier alpha value is -1.44. The molecule has 0 saturated heterocycles. The molecule has 0 unspecified atom stereocenters. The molecule has 0 heterocycles. The van der Waals surface area contributed by atoms with Crippen LogP contribution in [0.2, 0.25) is 0 Å². The largest absolute Gasteiger partial charge is 0.504 e. The summed E-state index contributed by atoms with van der Waals surface area (Å²) in [6.45, 7) is 6.74. The van der Waals surface area contributed by atoms with E-state index in [2.05, 4.69) is 13.5 Å².